The molecule has 0 fully saturated rings. The smallest absolute Gasteiger partial charge is 0.134 e. The molecular formula is C13H17NO3. The van der Waals surface area contributed by atoms with Gasteiger partial charge in [0.05, 0.1) is 6.26 Å². The van der Waals surface area contributed by atoms with Gasteiger partial charge in [-0.2, -0.15) is 0 Å². The summed E-state index contributed by atoms with van der Waals surface area (Å²) in [5.41, 5.74) is 5.90. The van der Waals surface area contributed by atoms with Crippen molar-refractivity contribution in [3.05, 3.63) is 47.8 Å². The fourth-order valence-electron chi connectivity index (χ4n) is 1.67. The number of aryl methyl sites for hydroxylation is 1. The second-order valence-corrected chi connectivity index (χ2v) is 4.12. The van der Waals surface area contributed by atoms with Crippen LogP contribution in [0.3, 0.4) is 0 Å². The van der Waals surface area contributed by atoms with E-state index in [-0.39, 0.29) is 12.1 Å². The van der Waals surface area contributed by atoms with Crippen LogP contribution in [0.1, 0.15) is 30.3 Å². The Kier molecular flexibility index (Phi) is 3.66. The minimum atomic E-state index is -0.256. The molecule has 0 radical (unpaired) electrons. The van der Waals surface area contributed by atoms with Crippen LogP contribution in [0, 0.1) is 6.92 Å². The number of nitrogens with two attached hydrogens (primary N) is 1. The van der Waals surface area contributed by atoms with Gasteiger partial charge in [-0.3, -0.25) is 0 Å². The number of rotatable bonds is 5. The predicted molar refractivity (Wildman–Crippen MR) is 63.3 cm³/mol. The lowest BCUT2D eigenvalue weighted by Gasteiger charge is -2.18. The van der Waals surface area contributed by atoms with Crippen LogP contribution in [-0.2, 0) is 11.3 Å². The molecule has 2 unspecified atom stereocenters. The van der Waals surface area contributed by atoms with Crippen LogP contribution in [-0.4, -0.2) is 6.04 Å². The van der Waals surface area contributed by atoms with E-state index in [1.165, 1.54) is 0 Å². The highest BCUT2D eigenvalue weighted by molar-refractivity contribution is 5.10. The maximum absolute atomic E-state index is 5.90. The van der Waals surface area contributed by atoms with Gasteiger partial charge < -0.3 is 19.3 Å². The highest BCUT2D eigenvalue weighted by Crippen LogP contribution is 2.23. The largest absolute Gasteiger partial charge is 0.467 e. The summed E-state index contributed by atoms with van der Waals surface area (Å²) < 4.78 is 16.5. The standard InChI is InChI=1S/C13H17NO3/c1-9-5-6-12(17-9)13(10(2)14)16-8-11-4-3-7-15-11/h3-7,10,13H,8,14H2,1-2H3. The molecule has 17 heavy (non-hydrogen) atoms. The molecular weight excluding hydrogens is 218 g/mol. The molecule has 0 aromatic carbocycles. The molecule has 2 N–H and O–H groups in total. The van der Waals surface area contributed by atoms with Gasteiger partial charge in [0.25, 0.3) is 0 Å². The first-order valence-electron chi connectivity index (χ1n) is 5.62. The topological polar surface area (TPSA) is 61.5 Å². The summed E-state index contributed by atoms with van der Waals surface area (Å²) in [4.78, 5) is 0. The summed E-state index contributed by atoms with van der Waals surface area (Å²) >= 11 is 0. The van der Waals surface area contributed by atoms with E-state index in [1.54, 1.807) is 6.26 Å². The van der Waals surface area contributed by atoms with Crippen molar-refractivity contribution in [1.29, 1.82) is 0 Å². The fraction of sp³-hybridized carbons (Fsp3) is 0.385. The molecule has 2 atom stereocenters. The zero-order valence-corrected chi connectivity index (χ0v) is 10.1. The van der Waals surface area contributed by atoms with E-state index in [9.17, 15) is 0 Å². The van der Waals surface area contributed by atoms with Gasteiger partial charge >= 0.3 is 0 Å². The Morgan fingerprint density at radius 3 is 2.71 bits per heavy atom. The minimum absolute atomic E-state index is 0.143. The van der Waals surface area contributed by atoms with Gasteiger partial charge in [0.2, 0.25) is 0 Å². The molecule has 0 saturated heterocycles. The van der Waals surface area contributed by atoms with Crippen molar-refractivity contribution in [1.82, 2.24) is 0 Å². The zero-order chi connectivity index (χ0) is 12.3. The van der Waals surface area contributed by atoms with E-state index in [1.807, 2.05) is 38.1 Å². The number of furan rings is 2. The van der Waals surface area contributed by atoms with Crippen LogP contribution in [0.15, 0.2) is 39.4 Å². The minimum Gasteiger partial charge on any atom is -0.467 e. The highest BCUT2D eigenvalue weighted by Gasteiger charge is 2.20. The summed E-state index contributed by atoms with van der Waals surface area (Å²) in [5.74, 6) is 2.38. The zero-order valence-electron chi connectivity index (χ0n) is 10.1. The summed E-state index contributed by atoms with van der Waals surface area (Å²) in [5, 5.41) is 0. The summed E-state index contributed by atoms with van der Waals surface area (Å²) in [7, 11) is 0. The van der Waals surface area contributed by atoms with Crippen molar-refractivity contribution in [3.63, 3.8) is 0 Å². The Hall–Kier alpha value is -1.52. The van der Waals surface area contributed by atoms with E-state index in [4.69, 9.17) is 19.3 Å². The molecule has 92 valence electrons. The molecule has 2 rings (SSSR count). The van der Waals surface area contributed by atoms with Gasteiger partial charge in [-0.15, -0.1) is 0 Å². The normalized spacial score (nSPS) is 14.8. The first-order valence-corrected chi connectivity index (χ1v) is 5.62. The van der Waals surface area contributed by atoms with Gasteiger partial charge in [-0.1, -0.05) is 0 Å². The summed E-state index contributed by atoms with van der Waals surface area (Å²) in [6.45, 7) is 4.18. The SMILES string of the molecule is Cc1ccc(C(OCc2ccco2)C(C)N)o1. The van der Waals surface area contributed by atoms with Gasteiger partial charge in [-0.05, 0) is 38.1 Å². The van der Waals surface area contributed by atoms with Crippen LogP contribution in [0.4, 0.5) is 0 Å². The van der Waals surface area contributed by atoms with Gasteiger partial charge in [0.1, 0.15) is 30.0 Å². The molecule has 0 amide bonds. The Labute approximate surface area is 100 Å². The second kappa shape index (κ2) is 5.21. The van der Waals surface area contributed by atoms with E-state index in [0.29, 0.717) is 6.61 Å². The molecule has 4 nitrogen and oxygen atoms in total. The third-order valence-corrected chi connectivity index (χ3v) is 2.50. The van der Waals surface area contributed by atoms with Crippen molar-refractivity contribution >= 4 is 0 Å². The number of ether oxygens (including phenoxy) is 1. The molecule has 2 heterocycles. The van der Waals surface area contributed by atoms with E-state index in [2.05, 4.69) is 0 Å². The van der Waals surface area contributed by atoms with Crippen molar-refractivity contribution in [3.8, 4) is 0 Å². The van der Waals surface area contributed by atoms with Crippen LogP contribution in [0.25, 0.3) is 0 Å². The van der Waals surface area contributed by atoms with Crippen LogP contribution < -0.4 is 5.73 Å². The predicted octanol–water partition coefficient (Wildman–Crippen LogP) is 2.79. The molecule has 0 aliphatic rings. The van der Waals surface area contributed by atoms with Crippen molar-refractivity contribution in [2.45, 2.75) is 32.6 Å². The Balaban J connectivity index is 2.03. The lowest BCUT2D eigenvalue weighted by atomic mass is 10.1. The lowest BCUT2D eigenvalue weighted by Crippen LogP contribution is -2.26. The van der Waals surface area contributed by atoms with Crippen molar-refractivity contribution < 1.29 is 13.6 Å². The molecule has 0 aliphatic carbocycles. The average Bonchev–Trinajstić information content (AvgIpc) is 2.90. The van der Waals surface area contributed by atoms with Crippen LogP contribution in [0.5, 0.6) is 0 Å². The first-order chi connectivity index (χ1) is 8.16. The van der Waals surface area contributed by atoms with Gasteiger partial charge in [0.15, 0.2) is 0 Å². The molecule has 0 saturated carbocycles. The van der Waals surface area contributed by atoms with Crippen LogP contribution >= 0.6 is 0 Å². The molecule has 0 aliphatic heterocycles. The van der Waals surface area contributed by atoms with Crippen molar-refractivity contribution in [2.75, 3.05) is 0 Å². The Morgan fingerprint density at radius 2 is 2.18 bits per heavy atom. The third-order valence-electron chi connectivity index (χ3n) is 2.50. The molecule has 0 bridgehead atoms. The van der Waals surface area contributed by atoms with Gasteiger partial charge in [0, 0.05) is 6.04 Å². The Morgan fingerprint density at radius 1 is 1.35 bits per heavy atom. The lowest BCUT2D eigenvalue weighted by molar-refractivity contribution is 0.00351. The van der Waals surface area contributed by atoms with Crippen molar-refractivity contribution in [2.24, 2.45) is 5.73 Å². The van der Waals surface area contributed by atoms with Gasteiger partial charge in [-0.25, -0.2) is 0 Å². The first kappa shape index (κ1) is 12.0. The van der Waals surface area contributed by atoms with E-state index < -0.39 is 0 Å². The molecule has 2 aromatic rings. The van der Waals surface area contributed by atoms with Crippen LogP contribution in [0.2, 0.25) is 0 Å². The highest BCUT2D eigenvalue weighted by atomic mass is 16.5. The summed E-state index contributed by atoms with van der Waals surface area (Å²) in [6, 6.07) is 7.35. The fourth-order valence-corrected chi connectivity index (χ4v) is 1.67. The maximum Gasteiger partial charge on any atom is 0.134 e. The number of hydrogen-bond acceptors (Lipinski definition) is 4. The van der Waals surface area contributed by atoms with E-state index >= 15 is 0 Å². The molecule has 2 aromatic heterocycles. The third kappa shape index (κ3) is 2.99. The number of hydrogen-bond donors (Lipinski definition) is 1. The second-order valence-electron chi connectivity index (χ2n) is 4.12. The molecule has 0 spiro atoms. The molecule has 4 heteroatoms. The van der Waals surface area contributed by atoms with E-state index in [0.717, 1.165) is 17.3 Å². The summed E-state index contributed by atoms with van der Waals surface area (Å²) in [6.07, 6.45) is 1.37. The monoisotopic (exact) mass is 235 g/mol. The Bertz CT molecular complexity index is 445. The average molecular weight is 235 g/mol. The quantitative estimate of drug-likeness (QED) is 0.865. The maximum atomic E-state index is 5.90.